The lowest BCUT2D eigenvalue weighted by Crippen LogP contribution is -2.47. The Morgan fingerprint density at radius 3 is 1.81 bits per heavy atom. The number of anilines is 1. The van der Waals surface area contributed by atoms with Gasteiger partial charge in [0.2, 0.25) is 11.8 Å². The molecule has 4 aromatic carbocycles. The fourth-order valence-corrected chi connectivity index (χ4v) is 7.51. The van der Waals surface area contributed by atoms with E-state index in [1.807, 2.05) is 98.8 Å². The fourth-order valence-electron chi connectivity index (χ4n) is 7.51. The Bertz CT molecular complexity index is 1670. The van der Waals surface area contributed by atoms with Crippen LogP contribution < -0.4 is 5.32 Å². The van der Waals surface area contributed by atoms with E-state index in [-0.39, 0.29) is 36.0 Å². The molecule has 4 aliphatic rings. The predicted octanol–water partition coefficient (Wildman–Crippen LogP) is 5.63. The molecule has 7 heteroatoms. The summed E-state index contributed by atoms with van der Waals surface area (Å²) in [4.78, 5) is 56.1. The van der Waals surface area contributed by atoms with Gasteiger partial charge in [-0.05, 0) is 46.0 Å². The Hall–Kier alpha value is -4.78. The van der Waals surface area contributed by atoms with E-state index in [1.165, 1.54) is 0 Å². The van der Waals surface area contributed by atoms with Crippen LogP contribution in [0.15, 0.2) is 91.0 Å². The van der Waals surface area contributed by atoms with Crippen molar-refractivity contribution in [3.05, 3.63) is 113 Å². The molecular weight excluding hydrogens is 540 g/mol. The van der Waals surface area contributed by atoms with Crippen LogP contribution in [0, 0.1) is 17.8 Å². The molecular formula is C36H32N2O5. The highest BCUT2D eigenvalue weighted by Crippen LogP contribution is 2.61. The van der Waals surface area contributed by atoms with E-state index in [2.05, 4.69) is 5.32 Å². The average Bonchev–Trinajstić information content (AvgIpc) is 3.28. The first-order valence-corrected chi connectivity index (χ1v) is 14.8. The molecule has 1 N–H and O–H groups in total. The lowest BCUT2D eigenvalue weighted by molar-refractivity contribution is -0.160. The summed E-state index contributed by atoms with van der Waals surface area (Å²) in [7, 11) is 0. The van der Waals surface area contributed by atoms with Gasteiger partial charge in [0.1, 0.15) is 6.04 Å². The van der Waals surface area contributed by atoms with Gasteiger partial charge in [0.05, 0.1) is 11.8 Å². The minimum absolute atomic E-state index is 0.00333. The third kappa shape index (κ3) is 4.33. The number of fused-ring (bicyclic) bond motifs is 1. The fraction of sp³-hybridized carbons (Fsp3) is 0.278. The van der Waals surface area contributed by atoms with Crippen LogP contribution in [0.3, 0.4) is 0 Å². The first kappa shape index (κ1) is 27.1. The van der Waals surface area contributed by atoms with Crippen molar-refractivity contribution in [3.63, 3.8) is 0 Å². The molecule has 216 valence electrons. The molecule has 3 atom stereocenters. The zero-order valence-corrected chi connectivity index (χ0v) is 24.0. The predicted molar refractivity (Wildman–Crippen MR) is 162 cm³/mol. The zero-order chi connectivity index (χ0) is 29.8. The van der Waals surface area contributed by atoms with Crippen molar-refractivity contribution >= 4 is 40.2 Å². The molecule has 2 bridgehead atoms. The SMILES string of the molecule is CC(C)C[C@H](C(=O)OCC(=O)Nc1cccc2ccccc12)N1C(=O)[C@@H]2C3c4ccccc4C(c4ccccc43)[C@@H]2C1=O. The average molecular weight is 573 g/mol. The molecule has 1 fully saturated rings. The van der Waals surface area contributed by atoms with Gasteiger partial charge in [-0.15, -0.1) is 0 Å². The van der Waals surface area contributed by atoms with E-state index in [1.54, 1.807) is 6.07 Å². The summed E-state index contributed by atoms with van der Waals surface area (Å²) >= 11 is 0. The smallest absolute Gasteiger partial charge is 0.329 e. The van der Waals surface area contributed by atoms with Gasteiger partial charge >= 0.3 is 5.97 Å². The highest BCUT2D eigenvalue weighted by Gasteiger charge is 2.63. The molecule has 4 aromatic rings. The molecule has 7 nitrogen and oxygen atoms in total. The Balaban J connectivity index is 1.15. The van der Waals surface area contributed by atoms with E-state index in [0.29, 0.717) is 5.69 Å². The molecule has 43 heavy (non-hydrogen) atoms. The van der Waals surface area contributed by atoms with E-state index in [0.717, 1.165) is 37.9 Å². The maximum atomic E-state index is 14.2. The van der Waals surface area contributed by atoms with E-state index >= 15 is 0 Å². The van der Waals surface area contributed by atoms with Crippen LogP contribution >= 0.6 is 0 Å². The minimum Gasteiger partial charge on any atom is -0.454 e. The molecule has 0 spiro atoms. The van der Waals surface area contributed by atoms with Crippen LogP contribution in [0.1, 0.15) is 54.4 Å². The first-order chi connectivity index (χ1) is 20.8. The second kappa shape index (κ2) is 10.5. The van der Waals surface area contributed by atoms with Crippen molar-refractivity contribution in [2.45, 2.75) is 38.1 Å². The number of nitrogens with zero attached hydrogens (tertiary/aromatic N) is 1. The molecule has 1 saturated heterocycles. The van der Waals surface area contributed by atoms with Crippen molar-refractivity contribution in [1.29, 1.82) is 0 Å². The molecule has 8 rings (SSSR count). The molecule has 0 aromatic heterocycles. The summed E-state index contributed by atoms with van der Waals surface area (Å²) < 4.78 is 5.51. The second-order valence-corrected chi connectivity index (χ2v) is 12.1. The summed E-state index contributed by atoms with van der Waals surface area (Å²) in [5.41, 5.74) is 4.90. The number of carbonyl (C=O) groups excluding carboxylic acids is 4. The van der Waals surface area contributed by atoms with Crippen LogP contribution in [0.2, 0.25) is 0 Å². The number of hydrogen-bond acceptors (Lipinski definition) is 5. The Morgan fingerprint density at radius 2 is 1.26 bits per heavy atom. The summed E-state index contributed by atoms with van der Waals surface area (Å²) in [6.07, 6.45) is 0.246. The van der Waals surface area contributed by atoms with Crippen LogP contribution in [0.4, 0.5) is 5.69 Å². The second-order valence-electron chi connectivity index (χ2n) is 12.1. The van der Waals surface area contributed by atoms with Crippen LogP contribution in [0.5, 0.6) is 0 Å². The largest absolute Gasteiger partial charge is 0.454 e. The number of ether oxygens (including phenoxy) is 1. The van der Waals surface area contributed by atoms with Crippen molar-refractivity contribution < 1.29 is 23.9 Å². The topological polar surface area (TPSA) is 92.8 Å². The molecule has 3 aliphatic carbocycles. The molecule has 0 unspecified atom stereocenters. The number of carbonyl (C=O) groups is 4. The number of imide groups is 1. The van der Waals surface area contributed by atoms with E-state index < -0.39 is 36.4 Å². The number of hydrogen-bond donors (Lipinski definition) is 1. The van der Waals surface area contributed by atoms with Crippen molar-refractivity contribution in [1.82, 2.24) is 4.90 Å². The molecule has 0 radical (unpaired) electrons. The van der Waals surface area contributed by atoms with Gasteiger partial charge < -0.3 is 10.1 Å². The van der Waals surface area contributed by atoms with Gasteiger partial charge in [0.15, 0.2) is 6.61 Å². The Kier molecular flexibility index (Phi) is 6.61. The third-order valence-corrected chi connectivity index (χ3v) is 9.17. The number of nitrogens with one attached hydrogen (secondary N) is 1. The van der Waals surface area contributed by atoms with E-state index in [9.17, 15) is 19.2 Å². The lowest BCUT2D eigenvalue weighted by Gasteiger charge is -2.45. The highest BCUT2D eigenvalue weighted by molar-refractivity contribution is 6.10. The Labute approximate surface area is 249 Å². The van der Waals surface area contributed by atoms with Crippen molar-refractivity contribution in [2.24, 2.45) is 17.8 Å². The number of likely N-dealkylation sites (tertiary alicyclic amines) is 1. The van der Waals surface area contributed by atoms with Crippen LogP contribution in [0.25, 0.3) is 10.8 Å². The minimum atomic E-state index is -1.11. The summed E-state index contributed by atoms with van der Waals surface area (Å²) in [5, 5.41) is 4.67. The van der Waals surface area contributed by atoms with Gasteiger partial charge in [0.25, 0.3) is 5.91 Å². The van der Waals surface area contributed by atoms with Gasteiger partial charge in [-0.1, -0.05) is 98.8 Å². The maximum Gasteiger partial charge on any atom is 0.329 e. The van der Waals surface area contributed by atoms with Crippen molar-refractivity contribution in [3.8, 4) is 0 Å². The molecule has 0 saturated carbocycles. The van der Waals surface area contributed by atoms with Gasteiger partial charge in [-0.25, -0.2) is 4.79 Å². The lowest BCUT2D eigenvalue weighted by atomic mass is 9.55. The number of rotatable bonds is 7. The molecule has 3 amide bonds. The highest BCUT2D eigenvalue weighted by atomic mass is 16.5. The quantitative estimate of drug-likeness (QED) is 0.229. The number of benzene rings is 4. The Morgan fingerprint density at radius 1 is 0.744 bits per heavy atom. The summed E-state index contributed by atoms with van der Waals surface area (Å²) in [5.74, 6) is -3.60. The van der Waals surface area contributed by atoms with Crippen LogP contribution in [-0.2, 0) is 23.9 Å². The van der Waals surface area contributed by atoms with Gasteiger partial charge in [0, 0.05) is 22.9 Å². The molecule has 1 aliphatic heterocycles. The van der Waals surface area contributed by atoms with Gasteiger partial charge in [-0.3, -0.25) is 19.3 Å². The monoisotopic (exact) mass is 572 g/mol. The third-order valence-electron chi connectivity index (χ3n) is 9.17. The number of amides is 3. The van der Waals surface area contributed by atoms with Crippen molar-refractivity contribution in [2.75, 3.05) is 11.9 Å². The van der Waals surface area contributed by atoms with Crippen LogP contribution in [-0.4, -0.2) is 41.2 Å². The van der Waals surface area contributed by atoms with E-state index in [4.69, 9.17) is 4.74 Å². The standard InChI is InChI=1S/C36H32N2O5/c1-20(2)18-28(36(42)43-19-29(39)37-27-17-9-11-21-10-3-4-12-22(21)27)38-34(40)32-30-23-13-5-6-14-24(23)31(33(32)35(38)41)26-16-8-7-15-25(26)30/h3-17,20,28,30-33H,18-19H2,1-2H3,(H,37,39)/t28-,30?,31?,32-,33+/m1/s1. The normalized spacial score (nSPS) is 22.3. The number of esters is 1. The first-order valence-electron chi connectivity index (χ1n) is 14.8. The maximum absolute atomic E-state index is 14.2. The summed E-state index contributed by atoms with van der Waals surface area (Å²) in [6, 6.07) is 28.2. The van der Waals surface area contributed by atoms with Gasteiger partial charge in [-0.2, -0.15) is 0 Å². The summed E-state index contributed by atoms with van der Waals surface area (Å²) in [6.45, 7) is 3.34. The molecule has 1 heterocycles. The zero-order valence-electron chi connectivity index (χ0n) is 24.0.